The average Bonchev–Trinajstić information content (AvgIpc) is 2.47. The third-order valence-electron chi connectivity index (χ3n) is 4.18. The van der Waals surface area contributed by atoms with Crippen LogP contribution in [0.5, 0.6) is 0 Å². The van der Waals surface area contributed by atoms with E-state index in [9.17, 15) is 9.90 Å². The lowest BCUT2D eigenvalue weighted by Gasteiger charge is -2.32. The number of Topliss-reactive ketones (excluding diaryl/α,β-unsaturated/α-hetero) is 1. The fourth-order valence-electron chi connectivity index (χ4n) is 2.82. The van der Waals surface area contributed by atoms with E-state index in [1.807, 2.05) is 38.1 Å². The number of likely N-dealkylation sites (tertiary alicyclic amines) is 1. The summed E-state index contributed by atoms with van der Waals surface area (Å²) in [5.74, 6) is 0.169. The molecule has 0 bridgehead atoms. The van der Waals surface area contributed by atoms with Crippen molar-refractivity contribution in [3.05, 3.63) is 34.9 Å². The van der Waals surface area contributed by atoms with Gasteiger partial charge >= 0.3 is 0 Å². The zero-order valence-electron chi connectivity index (χ0n) is 12.8. The van der Waals surface area contributed by atoms with E-state index in [1.54, 1.807) is 0 Å². The number of hydrogen-bond donors (Lipinski definition) is 1. The Hall–Kier alpha value is -0.900. The highest BCUT2D eigenvalue weighted by atomic mass is 35.5. The lowest BCUT2D eigenvalue weighted by Crippen LogP contribution is -2.40. The number of rotatable bonds is 5. The average molecular weight is 310 g/mol. The van der Waals surface area contributed by atoms with Crippen LogP contribution in [0.2, 0.25) is 5.02 Å². The van der Waals surface area contributed by atoms with E-state index in [0.29, 0.717) is 5.02 Å². The van der Waals surface area contributed by atoms with Crippen LogP contribution in [-0.2, 0) is 4.79 Å². The first-order chi connectivity index (χ1) is 9.97. The summed E-state index contributed by atoms with van der Waals surface area (Å²) in [5.41, 5.74) is 1.03. The van der Waals surface area contributed by atoms with E-state index >= 15 is 0 Å². The molecule has 0 saturated carbocycles. The summed E-state index contributed by atoms with van der Waals surface area (Å²) in [7, 11) is 0. The van der Waals surface area contributed by atoms with Gasteiger partial charge in [-0.3, -0.25) is 4.79 Å². The van der Waals surface area contributed by atoms with Crippen LogP contribution in [0, 0.1) is 5.92 Å². The Bertz CT molecular complexity index is 464. The van der Waals surface area contributed by atoms with Crippen LogP contribution in [0.4, 0.5) is 0 Å². The van der Waals surface area contributed by atoms with Crippen LogP contribution in [0.15, 0.2) is 24.3 Å². The topological polar surface area (TPSA) is 40.5 Å². The molecule has 1 aliphatic rings. The number of carbonyl (C=O) groups excluding carboxylic acids is 1. The Morgan fingerprint density at radius 3 is 2.38 bits per heavy atom. The molecule has 0 spiro atoms. The molecule has 1 aromatic carbocycles. The second-order valence-corrected chi connectivity index (χ2v) is 6.63. The Labute approximate surface area is 131 Å². The van der Waals surface area contributed by atoms with Gasteiger partial charge in [0.25, 0.3) is 0 Å². The van der Waals surface area contributed by atoms with Crippen molar-refractivity contribution in [3.63, 3.8) is 0 Å². The molecular formula is C17H24ClNO2. The van der Waals surface area contributed by atoms with Crippen molar-refractivity contribution >= 4 is 17.4 Å². The first-order valence-electron chi connectivity index (χ1n) is 7.67. The third-order valence-corrected chi connectivity index (χ3v) is 4.43. The third kappa shape index (κ3) is 4.53. The number of hydrogen-bond acceptors (Lipinski definition) is 3. The summed E-state index contributed by atoms with van der Waals surface area (Å²) in [6.45, 7) is 6.34. The van der Waals surface area contributed by atoms with Crippen molar-refractivity contribution < 1.29 is 9.90 Å². The second kappa shape index (κ2) is 7.39. The van der Waals surface area contributed by atoms with Crippen LogP contribution in [0.1, 0.15) is 38.2 Å². The number of piperidine rings is 1. The van der Waals surface area contributed by atoms with Crippen LogP contribution in [-0.4, -0.2) is 41.5 Å². The highest BCUT2D eigenvalue weighted by Gasteiger charge is 2.27. The smallest absolute Gasteiger partial charge is 0.144 e. The predicted octanol–water partition coefficient (Wildman–Crippen LogP) is 3.11. The molecule has 0 unspecified atom stereocenters. The van der Waals surface area contributed by atoms with Gasteiger partial charge in [-0.15, -0.1) is 0 Å². The molecule has 1 N–H and O–H groups in total. The largest absolute Gasteiger partial charge is 0.393 e. The summed E-state index contributed by atoms with van der Waals surface area (Å²) >= 11 is 5.94. The lowest BCUT2D eigenvalue weighted by atomic mass is 9.88. The predicted molar refractivity (Wildman–Crippen MR) is 85.7 cm³/mol. The van der Waals surface area contributed by atoms with E-state index in [0.717, 1.165) is 38.0 Å². The molecule has 1 saturated heterocycles. The number of ketones is 1. The maximum atomic E-state index is 12.6. The number of benzene rings is 1. The lowest BCUT2D eigenvalue weighted by molar-refractivity contribution is -0.124. The summed E-state index contributed by atoms with van der Waals surface area (Å²) in [5, 5.41) is 10.3. The monoisotopic (exact) mass is 309 g/mol. The molecule has 0 aliphatic carbocycles. The molecule has 116 valence electrons. The molecule has 3 nitrogen and oxygen atoms in total. The van der Waals surface area contributed by atoms with E-state index < -0.39 is 0 Å². The van der Waals surface area contributed by atoms with Gasteiger partial charge in [0.2, 0.25) is 0 Å². The summed E-state index contributed by atoms with van der Waals surface area (Å²) < 4.78 is 0. The molecule has 1 fully saturated rings. The van der Waals surface area contributed by atoms with Crippen LogP contribution < -0.4 is 0 Å². The quantitative estimate of drug-likeness (QED) is 0.908. The highest BCUT2D eigenvalue weighted by Crippen LogP contribution is 2.25. The normalized spacial score (nSPS) is 18.9. The van der Waals surface area contributed by atoms with E-state index in [1.165, 1.54) is 0 Å². The minimum atomic E-state index is -0.184. The van der Waals surface area contributed by atoms with Crippen LogP contribution >= 0.6 is 11.6 Å². The molecule has 0 aromatic heterocycles. The molecule has 2 rings (SSSR count). The van der Waals surface area contributed by atoms with Gasteiger partial charge < -0.3 is 10.0 Å². The molecule has 1 aliphatic heterocycles. The Kier molecular flexibility index (Phi) is 5.80. The first-order valence-corrected chi connectivity index (χ1v) is 8.04. The van der Waals surface area contributed by atoms with E-state index in [-0.39, 0.29) is 23.7 Å². The van der Waals surface area contributed by atoms with Gasteiger partial charge in [0.05, 0.1) is 12.0 Å². The van der Waals surface area contributed by atoms with Crippen molar-refractivity contribution in [1.29, 1.82) is 0 Å². The summed E-state index contributed by atoms with van der Waals surface area (Å²) in [6, 6.07) is 7.59. The van der Waals surface area contributed by atoms with Crippen LogP contribution in [0.25, 0.3) is 0 Å². The standard InChI is InChI=1S/C17H24ClNO2/c1-12(2)17(21)16(13-3-5-14(18)6-4-13)11-19-9-7-15(20)8-10-19/h3-6,12,15-16,20H,7-11H2,1-2H3/t16-/m1/s1. The van der Waals surface area contributed by atoms with Gasteiger partial charge in [0.15, 0.2) is 0 Å². The molecule has 1 atom stereocenters. The molecule has 1 aromatic rings. The maximum absolute atomic E-state index is 12.6. The van der Waals surface area contributed by atoms with Gasteiger partial charge in [-0.1, -0.05) is 37.6 Å². The number of aliphatic hydroxyl groups excluding tert-OH is 1. The highest BCUT2D eigenvalue weighted by molar-refractivity contribution is 6.30. The summed E-state index contributed by atoms with van der Waals surface area (Å²) in [4.78, 5) is 14.8. The summed E-state index contributed by atoms with van der Waals surface area (Å²) in [6.07, 6.45) is 1.41. The molecule has 21 heavy (non-hydrogen) atoms. The number of nitrogens with zero attached hydrogens (tertiary/aromatic N) is 1. The molecular weight excluding hydrogens is 286 g/mol. The van der Waals surface area contributed by atoms with E-state index in [2.05, 4.69) is 4.90 Å². The molecule has 0 amide bonds. The van der Waals surface area contributed by atoms with Crippen molar-refractivity contribution in [1.82, 2.24) is 4.90 Å². The fourth-order valence-corrected chi connectivity index (χ4v) is 2.94. The first kappa shape index (κ1) is 16.5. The van der Waals surface area contributed by atoms with E-state index in [4.69, 9.17) is 11.6 Å². The zero-order valence-corrected chi connectivity index (χ0v) is 13.5. The number of aliphatic hydroxyl groups is 1. The van der Waals surface area contributed by atoms with Gasteiger partial charge in [-0.25, -0.2) is 0 Å². The Morgan fingerprint density at radius 1 is 1.29 bits per heavy atom. The van der Waals surface area contributed by atoms with Gasteiger partial charge in [0.1, 0.15) is 5.78 Å². The Balaban J connectivity index is 2.12. The fraction of sp³-hybridized carbons (Fsp3) is 0.588. The molecule has 4 heteroatoms. The SMILES string of the molecule is CC(C)C(=O)[C@H](CN1CCC(O)CC1)c1ccc(Cl)cc1. The zero-order chi connectivity index (χ0) is 15.4. The van der Waals surface area contributed by atoms with Gasteiger partial charge in [-0.05, 0) is 30.5 Å². The Morgan fingerprint density at radius 2 is 1.86 bits per heavy atom. The number of halogens is 1. The number of carbonyl (C=O) groups is 1. The maximum Gasteiger partial charge on any atom is 0.144 e. The van der Waals surface area contributed by atoms with Crippen LogP contribution in [0.3, 0.4) is 0 Å². The minimum absolute atomic E-state index is 0.0149. The van der Waals surface area contributed by atoms with Crippen molar-refractivity contribution in [2.45, 2.75) is 38.7 Å². The second-order valence-electron chi connectivity index (χ2n) is 6.19. The van der Waals surface area contributed by atoms with Crippen molar-refractivity contribution in [2.75, 3.05) is 19.6 Å². The van der Waals surface area contributed by atoms with Crippen molar-refractivity contribution in [3.8, 4) is 0 Å². The van der Waals surface area contributed by atoms with Crippen molar-refractivity contribution in [2.24, 2.45) is 5.92 Å². The van der Waals surface area contributed by atoms with Gasteiger partial charge in [-0.2, -0.15) is 0 Å². The molecule has 0 radical (unpaired) electrons. The minimum Gasteiger partial charge on any atom is -0.393 e. The molecule has 1 heterocycles. The van der Waals surface area contributed by atoms with Gasteiger partial charge in [0, 0.05) is 30.6 Å².